The van der Waals surface area contributed by atoms with Crippen LogP contribution in [0.5, 0.6) is 0 Å². The zero-order valence-corrected chi connectivity index (χ0v) is 12.2. The second-order valence-electron chi connectivity index (χ2n) is 4.46. The Hall–Kier alpha value is -0.980. The molecule has 0 aliphatic carbocycles. The van der Waals surface area contributed by atoms with Crippen molar-refractivity contribution < 1.29 is 19.1 Å². The van der Waals surface area contributed by atoms with Crippen LogP contribution in [0.3, 0.4) is 0 Å². The number of rotatable bonds is 9. The zero-order chi connectivity index (χ0) is 14.3. The lowest BCUT2D eigenvalue weighted by atomic mass is 9.96. The van der Waals surface area contributed by atoms with E-state index in [-0.39, 0.29) is 13.0 Å². The third-order valence-corrected chi connectivity index (χ3v) is 3.21. The standard InChI is InChI=1S/C13H24N2O4/c1-5-13(6-2,18-7-3)12-14-11(19-15-12)8-10(16)9-17-4/h10,16H,5-9H2,1-4H3. The Labute approximate surface area is 114 Å². The molecular weight excluding hydrogens is 248 g/mol. The summed E-state index contributed by atoms with van der Waals surface area (Å²) in [6.07, 6.45) is 1.20. The summed E-state index contributed by atoms with van der Waals surface area (Å²) >= 11 is 0. The third-order valence-electron chi connectivity index (χ3n) is 3.21. The van der Waals surface area contributed by atoms with Crippen LogP contribution in [0.25, 0.3) is 0 Å². The fourth-order valence-electron chi connectivity index (χ4n) is 2.09. The highest BCUT2D eigenvalue weighted by molar-refractivity contribution is 5.01. The van der Waals surface area contributed by atoms with Gasteiger partial charge >= 0.3 is 0 Å². The van der Waals surface area contributed by atoms with Crippen LogP contribution in [0.15, 0.2) is 4.52 Å². The average Bonchev–Trinajstić information content (AvgIpc) is 2.85. The van der Waals surface area contributed by atoms with E-state index >= 15 is 0 Å². The second kappa shape index (κ2) is 7.57. The average molecular weight is 272 g/mol. The number of aliphatic hydroxyl groups is 1. The van der Waals surface area contributed by atoms with Gasteiger partial charge in [-0.25, -0.2) is 0 Å². The van der Waals surface area contributed by atoms with Crippen molar-refractivity contribution in [3.8, 4) is 0 Å². The molecule has 0 amide bonds. The maximum absolute atomic E-state index is 9.65. The third kappa shape index (κ3) is 3.99. The van der Waals surface area contributed by atoms with Crippen molar-refractivity contribution in [3.05, 3.63) is 11.7 Å². The van der Waals surface area contributed by atoms with Gasteiger partial charge in [-0.1, -0.05) is 19.0 Å². The van der Waals surface area contributed by atoms with Crippen LogP contribution in [-0.4, -0.2) is 41.7 Å². The zero-order valence-electron chi connectivity index (χ0n) is 12.2. The molecule has 1 rings (SSSR count). The van der Waals surface area contributed by atoms with Crippen LogP contribution in [0, 0.1) is 0 Å². The molecule has 0 saturated carbocycles. The number of hydrogen-bond donors (Lipinski definition) is 1. The molecule has 0 aromatic carbocycles. The SMILES string of the molecule is CCOC(CC)(CC)c1noc(CC(O)COC)n1. The predicted octanol–water partition coefficient (Wildman–Crippen LogP) is 1.67. The Bertz CT molecular complexity index is 363. The smallest absolute Gasteiger partial charge is 0.229 e. The Balaban J connectivity index is 2.81. The monoisotopic (exact) mass is 272 g/mol. The van der Waals surface area contributed by atoms with Crippen LogP contribution in [0.4, 0.5) is 0 Å². The molecule has 6 nitrogen and oxygen atoms in total. The van der Waals surface area contributed by atoms with Gasteiger partial charge in [-0.05, 0) is 19.8 Å². The van der Waals surface area contributed by atoms with Gasteiger partial charge in [0.2, 0.25) is 11.7 Å². The minimum atomic E-state index is -0.636. The highest BCUT2D eigenvalue weighted by Gasteiger charge is 2.34. The number of aliphatic hydroxyl groups excluding tert-OH is 1. The van der Waals surface area contributed by atoms with Crippen molar-refractivity contribution in [1.29, 1.82) is 0 Å². The van der Waals surface area contributed by atoms with Crippen molar-refractivity contribution in [1.82, 2.24) is 10.1 Å². The van der Waals surface area contributed by atoms with Gasteiger partial charge < -0.3 is 19.1 Å². The molecule has 1 unspecified atom stereocenters. The van der Waals surface area contributed by atoms with Gasteiger partial charge in [-0.15, -0.1) is 0 Å². The summed E-state index contributed by atoms with van der Waals surface area (Å²) in [7, 11) is 1.54. The van der Waals surface area contributed by atoms with Crippen molar-refractivity contribution in [2.75, 3.05) is 20.3 Å². The summed E-state index contributed by atoms with van der Waals surface area (Å²) in [5.41, 5.74) is -0.497. The summed E-state index contributed by atoms with van der Waals surface area (Å²) in [4.78, 5) is 4.35. The lowest BCUT2D eigenvalue weighted by Crippen LogP contribution is -2.30. The molecule has 0 spiro atoms. The lowest BCUT2D eigenvalue weighted by molar-refractivity contribution is -0.0583. The Kier molecular flexibility index (Phi) is 6.41. The summed E-state index contributed by atoms with van der Waals surface area (Å²) < 4.78 is 15.9. The first-order valence-electron chi connectivity index (χ1n) is 6.75. The van der Waals surface area contributed by atoms with E-state index in [2.05, 4.69) is 10.1 Å². The summed E-state index contributed by atoms with van der Waals surface area (Å²) in [6, 6.07) is 0. The van der Waals surface area contributed by atoms with Gasteiger partial charge in [0.25, 0.3) is 0 Å². The Morgan fingerprint density at radius 3 is 2.53 bits per heavy atom. The highest BCUT2D eigenvalue weighted by Crippen LogP contribution is 2.30. The van der Waals surface area contributed by atoms with Gasteiger partial charge in [0.15, 0.2) is 0 Å². The normalized spacial score (nSPS) is 13.7. The maximum Gasteiger partial charge on any atom is 0.229 e. The summed E-state index contributed by atoms with van der Waals surface area (Å²) in [5, 5.41) is 13.6. The first-order chi connectivity index (χ1) is 9.11. The number of nitrogens with zero attached hydrogens (tertiary/aromatic N) is 2. The van der Waals surface area contributed by atoms with E-state index in [9.17, 15) is 5.11 Å². The number of aromatic nitrogens is 2. The highest BCUT2D eigenvalue weighted by atomic mass is 16.5. The van der Waals surface area contributed by atoms with Crippen LogP contribution >= 0.6 is 0 Å². The van der Waals surface area contributed by atoms with Crippen LogP contribution in [0.2, 0.25) is 0 Å². The Morgan fingerprint density at radius 1 is 1.32 bits per heavy atom. The Morgan fingerprint density at radius 2 is 2.00 bits per heavy atom. The molecule has 0 radical (unpaired) electrons. The molecular formula is C13H24N2O4. The minimum Gasteiger partial charge on any atom is -0.390 e. The molecule has 1 atom stereocenters. The minimum absolute atomic E-state index is 0.246. The molecule has 1 aromatic heterocycles. The van der Waals surface area contributed by atoms with E-state index in [1.54, 1.807) is 0 Å². The predicted molar refractivity (Wildman–Crippen MR) is 69.8 cm³/mol. The van der Waals surface area contributed by atoms with Crippen molar-refractivity contribution in [2.24, 2.45) is 0 Å². The molecule has 1 N–H and O–H groups in total. The summed E-state index contributed by atoms with van der Waals surface area (Å²) in [6.45, 7) is 6.86. The molecule has 0 saturated heterocycles. The van der Waals surface area contributed by atoms with E-state index in [1.165, 1.54) is 7.11 Å². The van der Waals surface area contributed by atoms with Gasteiger partial charge in [0.1, 0.15) is 5.60 Å². The van der Waals surface area contributed by atoms with Gasteiger partial charge in [-0.3, -0.25) is 0 Å². The van der Waals surface area contributed by atoms with E-state index in [0.717, 1.165) is 12.8 Å². The van der Waals surface area contributed by atoms with E-state index in [0.29, 0.717) is 18.3 Å². The van der Waals surface area contributed by atoms with Gasteiger partial charge in [0.05, 0.1) is 19.1 Å². The van der Waals surface area contributed by atoms with Crippen LogP contribution in [0.1, 0.15) is 45.3 Å². The first-order valence-corrected chi connectivity index (χ1v) is 6.75. The molecule has 110 valence electrons. The molecule has 6 heteroatoms. The fraction of sp³-hybridized carbons (Fsp3) is 0.846. The van der Waals surface area contributed by atoms with E-state index in [1.807, 2.05) is 20.8 Å². The molecule has 19 heavy (non-hydrogen) atoms. The lowest BCUT2D eigenvalue weighted by Gasteiger charge is -2.27. The van der Waals surface area contributed by atoms with Crippen molar-refractivity contribution in [2.45, 2.75) is 51.7 Å². The first kappa shape index (κ1) is 16.1. The van der Waals surface area contributed by atoms with Crippen molar-refractivity contribution >= 4 is 0 Å². The molecule has 1 heterocycles. The fourth-order valence-corrected chi connectivity index (χ4v) is 2.09. The number of ether oxygens (including phenoxy) is 2. The number of hydrogen-bond acceptors (Lipinski definition) is 6. The molecule has 0 aliphatic rings. The van der Waals surface area contributed by atoms with Crippen LogP contribution in [-0.2, 0) is 21.5 Å². The van der Waals surface area contributed by atoms with Crippen LogP contribution < -0.4 is 0 Å². The maximum atomic E-state index is 9.65. The van der Waals surface area contributed by atoms with Crippen molar-refractivity contribution in [3.63, 3.8) is 0 Å². The van der Waals surface area contributed by atoms with Gasteiger partial charge in [-0.2, -0.15) is 4.98 Å². The van der Waals surface area contributed by atoms with E-state index in [4.69, 9.17) is 14.0 Å². The molecule has 0 aliphatic heterocycles. The summed E-state index contributed by atoms with van der Waals surface area (Å²) in [5.74, 6) is 0.962. The van der Waals surface area contributed by atoms with E-state index < -0.39 is 11.7 Å². The molecule has 0 fully saturated rings. The second-order valence-corrected chi connectivity index (χ2v) is 4.46. The quantitative estimate of drug-likeness (QED) is 0.737. The number of methoxy groups -OCH3 is 1. The topological polar surface area (TPSA) is 77.6 Å². The molecule has 0 bridgehead atoms. The van der Waals surface area contributed by atoms with Gasteiger partial charge in [0, 0.05) is 13.7 Å². The largest absolute Gasteiger partial charge is 0.390 e. The molecule has 1 aromatic rings.